The molecular formula is C30H38N4O3. The smallest absolute Gasteiger partial charge is 0.239 e. The lowest BCUT2D eigenvalue weighted by Gasteiger charge is -2.41. The summed E-state index contributed by atoms with van der Waals surface area (Å²) in [4.78, 5) is 31.7. The summed E-state index contributed by atoms with van der Waals surface area (Å²) in [6.45, 7) is 2.06. The van der Waals surface area contributed by atoms with Gasteiger partial charge in [-0.25, -0.2) is 0 Å². The van der Waals surface area contributed by atoms with Gasteiger partial charge >= 0.3 is 0 Å². The first-order chi connectivity index (χ1) is 18.1. The van der Waals surface area contributed by atoms with E-state index in [-0.39, 0.29) is 11.8 Å². The van der Waals surface area contributed by atoms with E-state index in [2.05, 4.69) is 28.5 Å². The Bertz CT molecular complexity index is 1230. The van der Waals surface area contributed by atoms with Crippen LogP contribution >= 0.6 is 0 Å². The number of piperidine rings is 1. The van der Waals surface area contributed by atoms with Crippen molar-refractivity contribution >= 4 is 22.7 Å². The number of carbonyl (C=O) groups excluding carboxylic acids is 2. The highest BCUT2D eigenvalue weighted by molar-refractivity contribution is 5.87. The Kier molecular flexibility index (Phi) is 7.79. The van der Waals surface area contributed by atoms with E-state index in [1.165, 1.54) is 5.56 Å². The predicted molar refractivity (Wildman–Crippen MR) is 145 cm³/mol. The van der Waals surface area contributed by atoms with Crippen LogP contribution in [0.15, 0.2) is 54.7 Å². The number of nitrogens with two attached hydrogens (primary N) is 1. The number of hydrogen-bond acceptors (Lipinski definition) is 4. The largest absolute Gasteiger partial charge is 0.491 e. The summed E-state index contributed by atoms with van der Waals surface area (Å²) in [7, 11) is 0. The second kappa shape index (κ2) is 11.4. The van der Waals surface area contributed by atoms with Gasteiger partial charge in [-0.3, -0.25) is 9.59 Å². The molecule has 0 saturated carbocycles. The number of nitrogens with zero attached hydrogens (tertiary/aromatic N) is 1. The molecule has 7 heteroatoms. The molecule has 2 aliphatic rings. The van der Waals surface area contributed by atoms with Crippen LogP contribution in [0.3, 0.4) is 0 Å². The molecule has 1 fully saturated rings. The third kappa shape index (κ3) is 5.67. The van der Waals surface area contributed by atoms with Crippen LogP contribution in [0.5, 0.6) is 5.75 Å². The fourth-order valence-electron chi connectivity index (χ4n) is 5.92. The first-order valence-corrected chi connectivity index (χ1v) is 13.6. The van der Waals surface area contributed by atoms with Gasteiger partial charge in [0.25, 0.3) is 0 Å². The van der Waals surface area contributed by atoms with Gasteiger partial charge in [0, 0.05) is 30.2 Å². The van der Waals surface area contributed by atoms with E-state index in [1.54, 1.807) is 0 Å². The molecule has 5 rings (SSSR count). The first kappa shape index (κ1) is 25.3. The van der Waals surface area contributed by atoms with Crippen molar-refractivity contribution in [3.63, 3.8) is 0 Å². The molecule has 1 saturated heterocycles. The lowest BCUT2D eigenvalue weighted by molar-refractivity contribution is -0.141. The van der Waals surface area contributed by atoms with Crippen LogP contribution < -0.4 is 15.8 Å². The van der Waals surface area contributed by atoms with E-state index in [1.807, 2.05) is 41.4 Å². The Labute approximate surface area is 218 Å². The Morgan fingerprint density at radius 3 is 2.68 bits per heavy atom. The number of hydrogen-bond donors (Lipinski definition) is 3. The summed E-state index contributed by atoms with van der Waals surface area (Å²) in [5.74, 6) is 0.983. The number of ether oxygens (including phenoxy) is 1. The maximum Gasteiger partial charge on any atom is 0.239 e. The van der Waals surface area contributed by atoms with Crippen molar-refractivity contribution in [3.05, 3.63) is 65.9 Å². The lowest BCUT2D eigenvalue weighted by Crippen LogP contribution is -2.53. The number of aromatic nitrogens is 1. The number of aryl methyl sites for hydroxylation is 1. The molecule has 1 atom stereocenters. The molecule has 2 aliphatic heterocycles. The molecular weight excluding hydrogens is 464 g/mol. The first-order valence-electron chi connectivity index (χ1n) is 13.6. The molecule has 0 bridgehead atoms. The zero-order chi connectivity index (χ0) is 25.7. The van der Waals surface area contributed by atoms with E-state index >= 15 is 0 Å². The molecule has 3 heterocycles. The summed E-state index contributed by atoms with van der Waals surface area (Å²) < 4.78 is 5.99. The van der Waals surface area contributed by atoms with E-state index in [0.717, 1.165) is 54.3 Å². The molecule has 0 radical (unpaired) electrons. The third-order valence-corrected chi connectivity index (χ3v) is 8.17. The number of likely N-dealkylation sites (tertiary alicyclic amines) is 1. The standard InChI is InChI=1S/C30H38N4O3/c31-25(20-23-21-33-26-11-5-4-10-24(23)26)28(35)34-17-14-30(15-18-34)13-7-1-2-8-22-9-3-6-12-27(22)37-19-16-32-29(30)36/h3-6,9-12,21,25,33H,1-2,7-8,13-20,31H2,(H,32,36)/t25-/m0/s1. The van der Waals surface area contributed by atoms with Gasteiger partial charge in [0.05, 0.1) is 18.0 Å². The third-order valence-electron chi connectivity index (χ3n) is 8.17. The summed E-state index contributed by atoms with van der Waals surface area (Å²) in [6, 6.07) is 15.7. The minimum absolute atomic E-state index is 0.0312. The van der Waals surface area contributed by atoms with Crippen molar-refractivity contribution in [1.29, 1.82) is 0 Å². The quantitative estimate of drug-likeness (QED) is 0.505. The highest BCUT2D eigenvalue weighted by Gasteiger charge is 2.42. The van der Waals surface area contributed by atoms with Crippen molar-refractivity contribution in [2.75, 3.05) is 26.2 Å². The minimum Gasteiger partial charge on any atom is -0.491 e. The number of carbonyl (C=O) groups is 2. The van der Waals surface area contributed by atoms with Gasteiger partial charge in [0.2, 0.25) is 11.8 Å². The summed E-state index contributed by atoms with van der Waals surface area (Å²) >= 11 is 0. The van der Waals surface area contributed by atoms with Gasteiger partial charge in [-0.05, 0) is 61.8 Å². The number of amides is 2. The second-order valence-corrected chi connectivity index (χ2v) is 10.5. The number of benzene rings is 2. The molecule has 3 aromatic rings. The highest BCUT2D eigenvalue weighted by atomic mass is 16.5. The minimum atomic E-state index is -0.596. The number of para-hydroxylation sites is 2. The normalized spacial score (nSPS) is 19.6. The fourth-order valence-corrected chi connectivity index (χ4v) is 5.92. The highest BCUT2D eigenvalue weighted by Crippen LogP contribution is 2.38. The molecule has 1 spiro atoms. The van der Waals surface area contributed by atoms with Crippen LogP contribution in [-0.4, -0.2) is 54.0 Å². The van der Waals surface area contributed by atoms with Gasteiger partial charge in [-0.1, -0.05) is 49.2 Å². The molecule has 2 aromatic carbocycles. The van der Waals surface area contributed by atoms with Crippen molar-refractivity contribution in [3.8, 4) is 5.75 Å². The van der Waals surface area contributed by atoms with Gasteiger partial charge in [0.15, 0.2) is 0 Å². The average Bonchev–Trinajstić information content (AvgIpc) is 3.34. The summed E-state index contributed by atoms with van der Waals surface area (Å²) in [6.07, 6.45) is 8.77. The van der Waals surface area contributed by atoms with Crippen LogP contribution in [0.25, 0.3) is 10.9 Å². The Morgan fingerprint density at radius 2 is 1.81 bits per heavy atom. The zero-order valence-corrected chi connectivity index (χ0v) is 21.5. The molecule has 196 valence electrons. The van der Waals surface area contributed by atoms with Crippen LogP contribution in [0, 0.1) is 5.41 Å². The number of fused-ring (bicyclic) bond motifs is 2. The van der Waals surface area contributed by atoms with Gasteiger partial charge < -0.3 is 25.7 Å². The topological polar surface area (TPSA) is 100 Å². The number of nitrogens with one attached hydrogen (secondary N) is 2. The van der Waals surface area contributed by atoms with Gasteiger partial charge in [-0.2, -0.15) is 0 Å². The molecule has 0 aliphatic carbocycles. The summed E-state index contributed by atoms with van der Waals surface area (Å²) in [5, 5.41) is 4.24. The van der Waals surface area contributed by atoms with Crippen LogP contribution in [0.1, 0.15) is 49.7 Å². The molecule has 0 unspecified atom stereocenters. The molecule has 7 nitrogen and oxygen atoms in total. The van der Waals surface area contributed by atoms with Gasteiger partial charge in [0.1, 0.15) is 12.4 Å². The number of aromatic amines is 1. The van der Waals surface area contributed by atoms with E-state index < -0.39 is 11.5 Å². The van der Waals surface area contributed by atoms with Crippen molar-refractivity contribution in [2.45, 2.75) is 57.4 Å². The fraction of sp³-hybridized carbons (Fsp3) is 0.467. The van der Waals surface area contributed by atoms with Crippen molar-refractivity contribution < 1.29 is 14.3 Å². The van der Waals surface area contributed by atoms with E-state index in [0.29, 0.717) is 45.5 Å². The second-order valence-electron chi connectivity index (χ2n) is 10.5. The Hall–Kier alpha value is -3.32. The average molecular weight is 503 g/mol. The predicted octanol–water partition coefficient (Wildman–Crippen LogP) is 3.96. The molecule has 1 aromatic heterocycles. The van der Waals surface area contributed by atoms with Gasteiger partial charge in [-0.15, -0.1) is 0 Å². The number of rotatable bonds is 3. The Balaban J connectivity index is 1.19. The van der Waals surface area contributed by atoms with Crippen LogP contribution in [-0.2, 0) is 22.4 Å². The van der Waals surface area contributed by atoms with Crippen molar-refractivity contribution in [2.24, 2.45) is 11.1 Å². The maximum atomic E-state index is 13.4. The zero-order valence-electron chi connectivity index (χ0n) is 21.5. The molecule has 2 amide bonds. The van der Waals surface area contributed by atoms with Crippen molar-refractivity contribution in [1.82, 2.24) is 15.2 Å². The van der Waals surface area contributed by atoms with Crippen LogP contribution in [0.2, 0.25) is 0 Å². The van der Waals surface area contributed by atoms with E-state index in [9.17, 15) is 9.59 Å². The monoisotopic (exact) mass is 502 g/mol. The van der Waals surface area contributed by atoms with Crippen LogP contribution in [0.4, 0.5) is 0 Å². The Morgan fingerprint density at radius 1 is 1.03 bits per heavy atom. The lowest BCUT2D eigenvalue weighted by atomic mass is 9.73. The maximum absolute atomic E-state index is 13.4. The SMILES string of the molecule is N[C@@H](Cc1c[nH]c2ccccc12)C(=O)N1CCC2(CCCCCc3ccccc3OCCNC2=O)CC1. The van der Waals surface area contributed by atoms with E-state index in [4.69, 9.17) is 10.5 Å². The molecule has 37 heavy (non-hydrogen) atoms. The number of H-pyrrole nitrogens is 1. The summed E-state index contributed by atoms with van der Waals surface area (Å²) in [5.41, 5.74) is 9.31. The molecule has 4 N–H and O–H groups in total.